The first-order valence-corrected chi connectivity index (χ1v) is 5.88. The first-order chi connectivity index (χ1) is 9.79. The second-order valence-electron chi connectivity index (χ2n) is 3.64. The molecule has 10 heteroatoms. The molecule has 1 aromatic heterocycles. The van der Waals surface area contributed by atoms with Crippen molar-refractivity contribution in [2.75, 3.05) is 0 Å². The van der Waals surface area contributed by atoms with Crippen LogP contribution < -0.4 is 4.74 Å². The minimum absolute atomic E-state index is 0.111. The Morgan fingerprint density at radius 1 is 1.10 bits per heavy atom. The van der Waals surface area contributed by atoms with Gasteiger partial charge in [-0.2, -0.15) is 9.37 Å². The predicted octanol–water partition coefficient (Wildman–Crippen LogP) is 4.51. The summed E-state index contributed by atoms with van der Waals surface area (Å²) in [5.74, 6) is -5.98. The summed E-state index contributed by atoms with van der Waals surface area (Å²) in [6, 6.07) is 2.00. The molecule has 0 unspecified atom stereocenters. The number of ether oxygens (including phenoxy) is 1. The number of pyridine rings is 1. The minimum atomic E-state index is -1.62. The summed E-state index contributed by atoms with van der Waals surface area (Å²) in [5.41, 5.74) is -0.643. The van der Waals surface area contributed by atoms with Crippen molar-refractivity contribution in [3.05, 3.63) is 55.9 Å². The standard InChI is InChI=1S/C11H3Cl2F3N2O3/c12-4-1-8(18(19)20)9(2-5(4)13)21-11-7(15)3-6(14)10(16)17-11/h1-3H. The van der Waals surface area contributed by atoms with E-state index in [1.807, 2.05) is 0 Å². The van der Waals surface area contributed by atoms with Gasteiger partial charge in [-0.05, 0) is 0 Å². The van der Waals surface area contributed by atoms with Crippen LogP contribution in [-0.4, -0.2) is 9.91 Å². The first-order valence-electron chi connectivity index (χ1n) is 5.12. The fraction of sp³-hybridized carbons (Fsp3) is 0. The molecule has 0 atom stereocenters. The SMILES string of the molecule is O=[N+]([O-])c1cc(Cl)c(Cl)cc1Oc1nc(F)c(F)cc1F. The maximum absolute atomic E-state index is 13.4. The number of rotatable bonds is 3. The summed E-state index contributed by atoms with van der Waals surface area (Å²) in [6.45, 7) is 0. The van der Waals surface area contributed by atoms with Crippen LogP contribution in [0.1, 0.15) is 0 Å². The lowest BCUT2D eigenvalue weighted by molar-refractivity contribution is -0.385. The molecule has 1 heterocycles. The summed E-state index contributed by atoms with van der Waals surface area (Å²) in [4.78, 5) is 12.9. The highest BCUT2D eigenvalue weighted by Crippen LogP contribution is 2.38. The number of aromatic nitrogens is 1. The molecule has 2 rings (SSSR count). The lowest BCUT2D eigenvalue weighted by atomic mass is 10.3. The number of halogens is 5. The van der Waals surface area contributed by atoms with Crippen molar-refractivity contribution in [1.29, 1.82) is 0 Å². The fourth-order valence-electron chi connectivity index (χ4n) is 1.35. The third-order valence-electron chi connectivity index (χ3n) is 2.26. The van der Waals surface area contributed by atoms with Crippen LogP contribution in [0.3, 0.4) is 0 Å². The van der Waals surface area contributed by atoms with E-state index < -0.39 is 39.8 Å². The number of nitro benzene ring substituents is 1. The second kappa shape index (κ2) is 5.74. The van der Waals surface area contributed by atoms with Crippen molar-refractivity contribution in [2.45, 2.75) is 0 Å². The van der Waals surface area contributed by atoms with Crippen LogP contribution in [0, 0.1) is 27.7 Å². The van der Waals surface area contributed by atoms with Gasteiger partial charge >= 0.3 is 5.69 Å². The molecule has 0 radical (unpaired) electrons. The van der Waals surface area contributed by atoms with Gasteiger partial charge in [0.2, 0.25) is 5.75 Å². The molecule has 0 spiro atoms. The van der Waals surface area contributed by atoms with Gasteiger partial charge in [0.1, 0.15) is 0 Å². The molecule has 0 aliphatic carbocycles. The summed E-state index contributed by atoms with van der Waals surface area (Å²) in [5, 5.41) is 10.6. The van der Waals surface area contributed by atoms with Crippen molar-refractivity contribution < 1.29 is 22.8 Å². The van der Waals surface area contributed by atoms with E-state index in [0.717, 1.165) is 12.1 Å². The van der Waals surface area contributed by atoms with E-state index >= 15 is 0 Å². The highest BCUT2D eigenvalue weighted by molar-refractivity contribution is 6.42. The van der Waals surface area contributed by atoms with Gasteiger partial charge in [0, 0.05) is 18.2 Å². The van der Waals surface area contributed by atoms with Gasteiger partial charge in [0.25, 0.3) is 11.8 Å². The third-order valence-corrected chi connectivity index (χ3v) is 2.98. The van der Waals surface area contributed by atoms with Gasteiger partial charge in [-0.15, -0.1) is 0 Å². The molecule has 0 saturated heterocycles. The zero-order chi connectivity index (χ0) is 15.7. The summed E-state index contributed by atoms with van der Waals surface area (Å²) in [7, 11) is 0. The maximum Gasteiger partial charge on any atom is 0.313 e. The monoisotopic (exact) mass is 338 g/mol. The van der Waals surface area contributed by atoms with Gasteiger partial charge < -0.3 is 4.74 Å². The molecule has 0 aliphatic rings. The van der Waals surface area contributed by atoms with Crippen LogP contribution in [0.4, 0.5) is 18.9 Å². The van der Waals surface area contributed by atoms with E-state index in [9.17, 15) is 23.3 Å². The van der Waals surface area contributed by atoms with E-state index in [0.29, 0.717) is 0 Å². The minimum Gasteiger partial charge on any atom is -0.429 e. The predicted molar refractivity (Wildman–Crippen MR) is 67.3 cm³/mol. The molecule has 0 bridgehead atoms. The molecule has 0 aliphatic heterocycles. The van der Waals surface area contributed by atoms with E-state index in [1.165, 1.54) is 0 Å². The van der Waals surface area contributed by atoms with Gasteiger partial charge in [0.15, 0.2) is 11.6 Å². The highest BCUT2D eigenvalue weighted by Gasteiger charge is 2.22. The van der Waals surface area contributed by atoms with Crippen LogP contribution >= 0.6 is 23.2 Å². The maximum atomic E-state index is 13.4. The normalized spacial score (nSPS) is 10.5. The van der Waals surface area contributed by atoms with Crippen LogP contribution in [0.5, 0.6) is 11.6 Å². The molecular formula is C11H3Cl2F3N2O3. The molecule has 110 valence electrons. The zero-order valence-electron chi connectivity index (χ0n) is 9.74. The molecule has 0 amide bonds. The van der Waals surface area contributed by atoms with Crippen molar-refractivity contribution in [3.8, 4) is 11.6 Å². The largest absolute Gasteiger partial charge is 0.429 e. The van der Waals surface area contributed by atoms with Gasteiger partial charge in [-0.3, -0.25) is 10.1 Å². The van der Waals surface area contributed by atoms with E-state index in [4.69, 9.17) is 27.9 Å². The summed E-state index contributed by atoms with van der Waals surface area (Å²) >= 11 is 11.3. The second-order valence-corrected chi connectivity index (χ2v) is 4.46. The number of nitro groups is 1. The smallest absolute Gasteiger partial charge is 0.313 e. The summed E-state index contributed by atoms with van der Waals surface area (Å²) < 4.78 is 43.9. The number of benzene rings is 1. The van der Waals surface area contributed by atoms with Gasteiger partial charge in [-0.25, -0.2) is 8.78 Å². The topological polar surface area (TPSA) is 65.3 Å². The Hall–Kier alpha value is -2.06. The van der Waals surface area contributed by atoms with Crippen LogP contribution in [0.25, 0.3) is 0 Å². The number of hydrogen-bond donors (Lipinski definition) is 0. The van der Waals surface area contributed by atoms with Crippen LogP contribution in [0.15, 0.2) is 18.2 Å². The van der Waals surface area contributed by atoms with Crippen LogP contribution in [0.2, 0.25) is 10.0 Å². The molecule has 0 fully saturated rings. The Labute approximate surface area is 125 Å². The lowest BCUT2D eigenvalue weighted by Crippen LogP contribution is -2.00. The molecular weight excluding hydrogens is 336 g/mol. The van der Waals surface area contributed by atoms with Crippen molar-refractivity contribution in [3.63, 3.8) is 0 Å². The summed E-state index contributed by atoms with van der Waals surface area (Å²) in [6.07, 6.45) is 0. The van der Waals surface area contributed by atoms with Gasteiger partial charge in [0.05, 0.1) is 15.0 Å². The molecule has 2 aromatic rings. The van der Waals surface area contributed by atoms with Crippen molar-refractivity contribution in [1.82, 2.24) is 4.98 Å². The fourth-order valence-corrected chi connectivity index (χ4v) is 1.66. The van der Waals surface area contributed by atoms with E-state index in [-0.39, 0.29) is 16.1 Å². The van der Waals surface area contributed by atoms with Crippen molar-refractivity contribution in [2.24, 2.45) is 0 Å². The highest BCUT2D eigenvalue weighted by atomic mass is 35.5. The van der Waals surface area contributed by atoms with Gasteiger partial charge in [-0.1, -0.05) is 23.2 Å². The first kappa shape index (κ1) is 15.3. The van der Waals surface area contributed by atoms with E-state index in [2.05, 4.69) is 4.98 Å². The molecule has 1 aromatic carbocycles. The number of hydrogen-bond acceptors (Lipinski definition) is 4. The molecule has 21 heavy (non-hydrogen) atoms. The van der Waals surface area contributed by atoms with E-state index in [1.54, 1.807) is 0 Å². The average Bonchev–Trinajstić information content (AvgIpc) is 2.39. The quantitative estimate of drug-likeness (QED) is 0.469. The average molecular weight is 339 g/mol. The Balaban J connectivity index is 2.51. The Morgan fingerprint density at radius 3 is 2.33 bits per heavy atom. The van der Waals surface area contributed by atoms with Crippen LogP contribution in [-0.2, 0) is 0 Å². The Morgan fingerprint density at radius 2 is 1.71 bits per heavy atom. The molecule has 0 N–H and O–H groups in total. The molecule has 0 saturated carbocycles. The Bertz CT molecular complexity index is 743. The third kappa shape index (κ3) is 3.17. The number of nitrogens with zero attached hydrogens (tertiary/aromatic N) is 2. The zero-order valence-corrected chi connectivity index (χ0v) is 11.3. The molecule has 5 nitrogen and oxygen atoms in total. The lowest BCUT2D eigenvalue weighted by Gasteiger charge is -2.07. The van der Waals surface area contributed by atoms with Crippen molar-refractivity contribution >= 4 is 28.9 Å². The Kier molecular flexibility index (Phi) is 4.19.